The van der Waals surface area contributed by atoms with E-state index in [4.69, 9.17) is 5.73 Å². The van der Waals surface area contributed by atoms with E-state index in [1.54, 1.807) is 28.0 Å². The van der Waals surface area contributed by atoms with Gasteiger partial charge >= 0.3 is 0 Å². The molecule has 0 aliphatic carbocycles. The van der Waals surface area contributed by atoms with Crippen molar-refractivity contribution >= 4 is 39.1 Å². The molecule has 2 aromatic rings. The number of aromatic nitrogens is 2. The van der Waals surface area contributed by atoms with Gasteiger partial charge in [-0.25, -0.2) is 9.97 Å². The van der Waals surface area contributed by atoms with Gasteiger partial charge in [0.05, 0.1) is 23.9 Å². The Morgan fingerprint density at radius 3 is 2.89 bits per heavy atom. The van der Waals surface area contributed by atoms with Gasteiger partial charge < -0.3 is 10.6 Å². The Labute approximate surface area is 121 Å². The fourth-order valence-corrected chi connectivity index (χ4v) is 4.60. The van der Waals surface area contributed by atoms with Crippen LogP contribution in [0.1, 0.15) is 24.3 Å². The second-order valence-electron chi connectivity index (χ2n) is 5.38. The molecule has 3 N–H and O–H groups in total. The van der Waals surface area contributed by atoms with E-state index in [9.17, 15) is 0 Å². The maximum atomic E-state index is 6.17. The SMILES string of the molecule is CC(C)Sc1nc(N)c2c3c(sc2n1)C[NH+](C)CC3. The molecule has 0 radical (unpaired) electrons. The highest BCUT2D eigenvalue weighted by Gasteiger charge is 2.24. The van der Waals surface area contributed by atoms with Crippen LogP contribution in [0.15, 0.2) is 5.16 Å². The molecular formula is C13H19N4S2+. The van der Waals surface area contributed by atoms with E-state index in [1.165, 1.54) is 17.0 Å². The molecule has 0 saturated carbocycles. The van der Waals surface area contributed by atoms with Crippen LogP contribution in [0.25, 0.3) is 10.2 Å². The van der Waals surface area contributed by atoms with Gasteiger partial charge in [0, 0.05) is 11.7 Å². The Hall–Kier alpha value is -0.850. The molecule has 19 heavy (non-hydrogen) atoms. The van der Waals surface area contributed by atoms with E-state index in [0.717, 1.165) is 28.3 Å². The number of nitrogens with zero attached hydrogens (tertiary/aromatic N) is 2. The number of thioether (sulfide) groups is 1. The number of nitrogen functional groups attached to an aromatic ring is 1. The van der Waals surface area contributed by atoms with Gasteiger partial charge in [-0.1, -0.05) is 25.6 Å². The van der Waals surface area contributed by atoms with Gasteiger partial charge in [0.15, 0.2) is 5.16 Å². The quantitative estimate of drug-likeness (QED) is 0.648. The maximum absolute atomic E-state index is 6.17. The highest BCUT2D eigenvalue weighted by atomic mass is 32.2. The number of anilines is 1. The van der Waals surface area contributed by atoms with Crippen LogP contribution in [0.2, 0.25) is 0 Å². The van der Waals surface area contributed by atoms with Crippen LogP contribution >= 0.6 is 23.1 Å². The molecule has 0 bridgehead atoms. The van der Waals surface area contributed by atoms with Crippen LogP contribution in [-0.2, 0) is 13.0 Å². The lowest BCUT2D eigenvalue weighted by molar-refractivity contribution is -0.895. The molecule has 0 spiro atoms. The lowest BCUT2D eigenvalue weighted by atomic mass is 10.1. The highest BCUT2D eigenvalue weighted by Crippen LogP contribution is 2.35. The van der Waals surface area contributed by atoms with Crippen LogP contribution in [-0.4, -0.2) is 28.8 Å². The lowest BCUT2D eigenvalue weighted by Gasteiger charge is -2.19. The van der Waals surface area contributed by atoms with E-state index < -0.39 is 0 Å². The first-order valence-electron chi connectivity index (χ1n) is 6.60. The minimum absolute atomic E-state index is 0.474. The largest absolute Gasteiger partial charge is 0.383 e. The van der Waals surface area contributed by atoms with Crippen LogP contribution in [0, 0.1) is 0 Å². The molecule has 1 aliphatic rings. The molecule has 0 aromatic carbocycles. The molecule has 2 aromatic heterocycles. The predicted molar refractivity (Wildman–Crippen MR) is 82.0 cm³/mol. The van der Waals surface area contributed by atoms with Gasteiger partial charge in [0.25, 0.3) is 0 Å². The normalized spacial score (nSPS) is 19.1. The molecular weight excluding hydrogens is 276 g/mol. The molecule has 0 amide bonds. The van der Waals surface area contributed by atoms with Crippen LogP contribution in [0.5, 0.6) is 0 Å². The fraction of sp³-hybridized carbons (Fsp3) is 0.538. The van der Waals surface area contributed by atoms with Crippen molar-refractivity contribution in [2.75, 3.05) is 19.3 Å². The van der Waals surface area contributed by atoms with Crippen LogP contribution in [0.3, 0.4) is 0 Å². The summed E-state index contributed by atoms with van der Waals surface area (Å²) in [6.07, 6.45) is 1.09. The number of hydrogen-bond acceptors (Lipinski definition) is 5. The Kier molecular flexibility index (Phi) is 3.41. The van der Waals surface area contributed by atoms with Gasteiger partial charge in [0.2, 0.25) is 0 Å². The number of nitrogens with two attached hydrogens (primary N) is 1. The third-order valence-electron chi connectivity index (χ3n) is 3.35. The molecule has 4 nitrogen and oxygen atoms in total. The summed E-state index contributed by atoms with van der Waals surface area (Å²) in [5.41, 5.74) is 7.56. The van der Waals surface area contributed by atoms with Gasteiger partial charge in [-0.05, 0) is 5.56 Å². The van der Waals surface area contributed by atoms with Crippen molar-refractivity contribution in [2.45, 2.75) is 37.2 Å². The molecule has 102 valence electrons. The average Bonchev–Trinajstić information content (AvgIpc) is 2.65. The van der Waals surface area contributed by atoms with E-state index in [2.05, 4.69) is 30.9 Å². The van der Waals surface area contributed by atoms with Crippen molar-refractivity contribution in [3.63, 3.8) is 0 Å². The van der Waals surface area contributed by atoms with E-state index in [1.807, 2.05) is 0 Å². The molecule has 6 heteroatoms. The first-order valence-corrected chi connectivity index (χ1v) is 8.30. The van der Waals surface area contributed by atoms with Crippen molar-refractivity contribution in [1.82, 2.24) is 9.97 Å². The van der Waals surface area contributed by atoms with Gasteiger partial charge in [-0.15, -0.1) is 11.3 Å². The number of nitrogens with one attached hydrogen (secondary N) is 1. The van der Waals surface area contributed by atoms with Crippen LogP contribution in [0.4, 0.5) is 5.82 Å². The number of likely N-dealkylation sites (N-methyl/N-ethyl adjacent to an activating group) is 1. The summed E-state index contributed by atoms with van der Waals surface area (Å²) in [7, 11) is 2.24. The van der Waals surface area contributed by atoms with Gasteiger partial charge in [0.1, 0.15) is 17.2 Å². The number of hydrogen-bond donors (Lipinski definition) is 2. The van der Waals surface area contributed by atoms with Crippen LogP contribution < -0.4 is 10.6 Å². The minimum Gasteiger partial charge on any atom is -0.383 e. The summed E-state index contributed by atoms with van der Waals surface area (Å²) in [6.45, 7) is 6.54. The first-order chi connectivity index (χ1) is 9.04. The van der Waals surface area contributed by atoms with Gasteiger partial charge in [-0.3, -0.25) is 0 Å². The Bertz CT molecular complexity index is 621. The Morgan fingerprint density at radius 1 is 1.37 bits per heavy atom. The van der Waals surface area contributed by atoms with Crippen molar-refractivity contribution in [3.8, 4) is 0 Å². The van der Waals surface area contributed by atoms with E-state index in [-0.39, 0.29) is 0 Å². The third-order valence-corrected chi connectivity index (χ3v) is 5.34. The summed E-state index contributed by atoms with van der Waals surface area (Å²) < 4.78 is 0. The summed E-state index contributed by atoms with van der Waals surface area (Å²) in [5.74, 6) is 0.658. The zero-order chi connectivity index (χ0) is 13.6. The second kappa shape index (κ2) is 4.92. The van der Waals surface area contributed by atoms with Crippen molar-refractivity contribution in [3.05, 3.63) is 10.4 Å². The molecule has 0 fully saturated rings. The monoisotopic (exact) mass is 295 g/mol. The van der Waals surface area contributed by atoms with Crippen molar-refractivity contribution in [2.24, 2.45) is 0 Å². The third kappa shape index (κ3) is 2.44. The van der Waals surface area contributed by atoms with Crippen molar-refractivity contribution < 1.29 is 4.90 Å². The second-order valence-corrected chi connectivity index (χ2v) is 8.00. The number of quaternary nitrogens is 1. The predicted octanol–water partition coefficient (Wildman–Crippen LogP) is 1.34. The molecule has 0 saturated heterocycles. The molecule has 1 atom stereocenters. The Morgan fingerprint density at radius 2 is 2.16 bits per heavy atom. The summed E-state index contributed by atoms with van der Waals surface area (Å²) in [6, 6.07) is 0. The minimum atomic E-state index is 0.474. The molecule has 3 heterocycles. The molecule has 1 aliphatic heterocycles. The first kappa shape index (κ1) is 13.1. The molecule has 3 rings (SSSR count). The number of rotatable bonds is 2. The highest BCUT2D eigenvalue weighted by molar-refractivity contribution is 7.99. The summed E-state index contributed by atoms with van der Waals surface area (Å²) >= 11 is 3.47. The Balaban J connectivity index is 2.11. The fourth-order valence-electron chi connectivity index (χ4n) is 2.48. The zero-order valence-electron chi connectivity index (χ0n) is 11.5. The zero-order valence-corrected chi connectivity index (χ0v) is 13.1. The standard InChI is InChI=1S/C13H18N4S2/c1-7(2)18-13-15-11(14)10-8-4-5-17(3)6-9(8)19-12(10)16-13/h7H,4-6H2,1-3H3,(H2,14,15,16)/p+1. The van der Waals surface area contributed by atoms with E-state index >= 15 is 0 Å². The summed E-state index contributed by atoms with van der Waals surface area (Å²) in [5, 5.41) is 2.39. The maximum Gasteiger partial charge on any atom is 0.191 e. The number of fused-ring (bicyclic) bond motifs is 3. The summed E-state index contributed by atoms with van der Waals surface area (Å²) in [4.78, 5) is 13.2. The lowest BCUT2D eigenvalue weighted by Crippen LogP contribution is -3.08. The smallest absolute Gasteiger partial charge is 0.191 e. The molecule has 1 unspecified atom stereocenters. The number of thiophene rings is 1. The van der Waals surface area contributed by atoms with Crippen molar-refractivity contribution in [1.29, 1.82) is 0 Å². The average molecular weight is 295 g/mol. The van der Waals surface area contributed by atoms with Gasteiger partial charge in [-0.2, -0.15) is 0 Å². The van der Waals surface area contributed by atoms with E-state index in [0.29, 0.717) is 11.1 Å². The topological polar surface area (TPSA) is 56.2 Å².